The number of hydrogen-bond donors (Lipinski definition) is 1. The minimum Gasteiger partial charge on any atom is -0.465 e. The molecular formula is C14H17N3O6. The van der Waals surface area contributed by atoms with Gasteiger partial charge in [0.1, 0.15) is 18.3 Å². The molecule has 1 unspecified atom stereocenters. The van der Waals surface area contributed by atoms with E-state index in [0.29, 0.717) is 0 Å². The summed E-state index contributed by atoms with van der Waals surface area (Å²) in [5.41, 5.74) is 0.00718. The van der Waals surface area contributed by atoms with E-state index in [-0.39, 0.29) is 31.7 Å². The molecule has 1 N–H and O–H groups in total. The Labute approximate surface area is 132 Å². The van der Waals surface area contributed by atoms with Gasteiger partial charge in [0, 0.05) is 19.5 Å². The maximum Gasteiger partial charge on any atom is 0.325 e. The number of piperidine rings is 1. The predicted molar refractivity (Wildman–Crippen MR) is 75.4 cm³/mol. The number of esters is 1. The summed E-state index contributed by atoms with van der Waals surface area (Å²) in [5.74, 6) is -2.95. The van der Waals surface area contributed by atoms with Crippen LogP contribution >= 0.6 is 0 Å². The summed E-state index contributed by atoms with van der Waals surface area (Å²) in [6.07, 6.45) is 1.22. The summed E-state index contributed by atoms with van der Waals surface area (Å²) < 4.78 is 4.79. The number of rotatable bonds is 5. The van der Waals surface area contributed by atoms with Gasteiger partial charge in [0.15, 0.2) is 0 Å². The van der Waals surface area contributed by atoms with Gasteiger partial charge < -0.3 is 9.64 Å². The number of amides is 4. The smallest absolute Gasteiger partial charge is 0.325 e. The normalized spacial score (nSPS) is 21.2. The summed E-state index contributed by atoms with van der Waals surface area (Å²) in [5, 5.41) is 2.11. The van der Waals surface area contributed by atoms with Gasteiger partial charge in [0.2, 0.25) is 11.8 Å². The number of nitrogens with one attached hydrogen (secondary N) is 1. The number of imide groups is 2. The van der Waals surface area contributed by atoms with E-state index in [0.717, 1.165) is 11.0 Å². The zero-order chi connectivity index (χ0) is 17.1. The summed E-state index contributed by atoms with van der Waals surface area (Å²) >= 11 is 0. The van der Waals surface area contributed by atoms with E-state index in [4.69, 9.17) is 4.74 Å². The highest BCUT2D eigenvalue weighted by Crippen LogP contribution is 2.22. The maximum absolute atomic E-state index is 12.4. The van der Waals surface area contributed by atoms with E-state index in [1.54, 1.807) is 6.92 Å². The molecule has 4 amide bonds. The number of nitrogens with zero attached hydrogens (tertiary/aromatic N) is 2. The summed E-state index contributed by atoms with van der Waals surface area (Å²) in [6, 6.07) is -1.02. The summed E-state index contributed by atoms with van der Waals surface area (Å²) in [6.45, 7) is 1.68. The molecule has 0 radical (unpaired) electrons. The van der Waals surface area contributed by atoms with Crippen LogP contribution in [0.25, 0.3) is 0 Å². The monoisotopic (exact) mass is 323 g/mol. The van der Waals surface area contributed by atoms with Crippen LogP contribution < -0.4 is 5.32 Å². The highest BCUT2D eigenvalue weighted by Gasteiger charge is 2.43. The molecule has 0 spiro atoms. The van der Waals surface area contributed by atoms with Gasteiger partial charge in [-0.05, 0) is 13.3 Å². The van der Waals surface area contributed by atoms with Crippen molar-refractivity contribution in [2.24, 2.45) is 0 Å². The van der Waals surface area contributed by atoms with Gasteiger partial charge in [-0.2, -0.15) is 0 Å². The van der Waals surface area contributed by atoms with Crippen molar-refractivity contribution in [1.82, 2.24) is 15.1 Å². The fraction of sp³-hybridized carbons (Fsp3) is 0.500. The Morgan fingerprint density at radius 2 is 2.09 bits per heavy atom. The Morgan fingerprint density at radius 3 is 2.70 bits per heavy atom. The molecule has 0 aromatic rings. The molecule has 0 aliphatic carbocycles. The Hall–Kier alpha value is -2.71. The first-order valence-corrected chi connectivity index (χ1v) is 7.14. The highest BCUT2D eigenvalue weighted by atomic mass is 16.5. The lowest BCUT2D eigenvalue weighted by atomic mass is 10.0. The van der Waals surface area contributed by atoms with Crippen LogP contribution in [0.1, 0.15) is 19.8 Å². The zero-order valence-corrected chi connectivity index (χ0v) is 12.8. The van der Waals surface area contributed by atoms with Gasteiger partial charge in [-0.25, -0.2) is 0 Å². The minimum absolute atomic E-state index is 0.00718. The quantitative estimate of drug-likeness (QED) is 0.486. The molecule has 23 heavy (non-hydrogen) atoms. The van der Waals surface area contributed by atoms with E-state index < -0.39 is 35.6 Å². The Kier molecular flexibility index (Phi) is 4.77. The van der Waals surface area contributed by atoms with Gasteiger partial charge in [0.05, 0.1) is 6.61 Å². The second kappa shape index (κ2) is 6.59. The standard InChI is InChI=1S/C14H17N3O6/c1-3-23-12(20)7-16(2)9-6-11(19)17(14(9)22)8-4-5-10(18)15-13(8)21/h6,8H,3-5,7H2,1-2H3,(H,15,18,21). The van der Waals surface area contributed by atoms with Crippen molar-refractivity contribution in [2.45, 2.75) is 25.8 Å². The van der Waals surface area contributed by atoms with Crippen LogP contribution in [-0.4, -0.2) is 65.6 Å². The van der Waals surface area contributed by atoms with Gasteiger partial charge in [0.25, 0.3) is 11.8 Å². The molecule has 0 bridgehead atoms. The largest absolute Gasteiger partial charge is 0.465 e. The molecule has 0 aromatic heterocycles. The van der Waals surface area contributed by atoms with Crippen LogP contribution in [0.4, 0.5) is 0 Å². The lowest BCUT2D eigenvalue weighted by molar-refractivity contribution is -0.150. The second-order valence-electron chi connectivity index (χ2n) is 5.17. The molecule has 9 nitrogen and oxygen atoms in total. The topological polar surface area (TPSA) is 113 Å². The fourth-order valence-electron chi connectivity index (χ4n) is 2.45. The molecule has 0 aromatic carbocycles. The number of carbonyl (C=O) groups excluding carboxylic acids is 5. The van der Waals surface area contributed by atoms with E-state index in [2.05, 4.69) is 5.32 Å². The fourth-order valence-corrected chi connectivity index (χ4v) is 2.45. The highest BCUT2D eigenvalue weighted by molar-refractivity contribution is 6.18. The number of hydrogen-bond acceptors (Lipinski definition) is 7. The van der Waals surface area contributed by atoms with Gasteiger partial charge in [-0.3, -0.25) is 34.2 Å². The van der Waals surface area contributed by atoms with E-state index >= 15 is 0 Å². The average molecular weight is 323 g/mol. The van der Waals surface area contributed by atoms with Crippen molar-refractivity contribution >= 4 is 29.6 Å². The lowest BCUT2D eigenvalue weighted by Crippen LogP contribution is -2.55. The molecule has 1 saturated heterocycles. The van der Waals surface area contributed by atoms with Crippen molar-refractivity contribution in [1.29, 1.82) is 0 Å². The van der Waals surface area contributed by atoms with Crippen LogP contribution in [0.15, 0.2) is 11.8 Å². The second-order valence-corrected chi connectivity index (χ2v) is 5.17. The average Bonchev–Trinajstić information content (AvgIpc) is 2.75. The molecule has 2 aliphatic heterocycles. The third-order valence-corrected chi connectivity index (χ3v) is 3.54. The molecule has 1 atom stereocenters. The zero-order valence-electron chi connectivity index (χ0n) is 12.8. The summed E-state index contributed by atoms with van der Waals surface area (Å²) in [7, 11) is 1.47. The van der Waals surface area contributed by atoms with Crippen molar-refractivity contribution in [3.63, 3.8) is 0 Å². The summed E-state index contributed by atoms with van der Waals surface area (Å²) in [4.78, 5) is 61.0. The van der Waals surface area contributed by atoms with Gasteiger partial charge >= 0.3 is 5.97 Å². The van der Waals surface area contributed by atoms with Crippen molar-refractivity contribution in [3.8, 4) is 0 Å². The number of ether oxygens (including phenoxy) is 1. The van der Waals surface area contributed by atoms with E-state index in [1.807, 2.05) is 0 Å². The molecule has 9 heteroatoms. The van der Waals surface area contributed by atoms with Crippen molar-refractivity contribution < 1.29 is 28.7 Å². The third kappa shape index (κ3) is 3.38. The van der Waals surface area contributed by atoms with Gasteiger partial charge in [-0.1, -0.05) is 0 Å². The first-order chi connectivity index (χ1) is 10.8. The molecule has 2 aliphatic rings. The minimum atomic E-state index is -1.02. The van der Waals surface area contributed by atoms with Crippen LogP contribution in [0.2, 0.25) is 0 Å². The Bertz CT molecular complexity index is 612. The lowest BCUT2D eigenvalue weighted by Gasteiger charge is -2.29. The van der Waals surface area contributed by atoms with Crippen molar-refractivity contribution in [2.75, 3.05) is 20.2 Å². The van der Waals surface area contributed by atoms with Crippen LogP contribution in [-0.2, 0) is 28.7 Å². The van der Waals surface area contributed by atoms with Gasteiger partial charge in [-0.15, -0.1) is 0 Å². The molecular weight excluding hydrogens is 306 g/mol. The third-order valence-electron chi connectivity index (χ3n) is 3.54. The molecule has 1 fully saturated rings. The number of likely N-dealkylation sites (N-methyl/N-ethyl adjacent to an activating group) is 1. The predicted octanol–water partition coefficient (Wildman–Crippen LogP) is -1.46. The molecule has 2 heterocycles. The molecule has 124 valence electrons. The Morgan fingerprint density at radius 1 is 1.39 bits per heavy atom. The molecule has 2 rings (SSSR count). The van der Waals surface area contributed by atoms with Crippen LogP contribution in [0.3, 0.4) is 0 Å². The SMILES string of the molecule is CCOC(=O)CN(C)C1=CC(=O)N(C2CCC(=O)NC2=O)C1=O. The maximum atomic E-state index is 12.4. The first-order valence-electron chi connectivity index (χ1n) is 7.14. The molecule has 0 saturated carbocycles. The van der Waals surface area contributed by atoms with Crippen molar-refractivity contribution in [3.05, 3.63) is 11.8 Å². The van der Waals surface area contributed by atoms with E-state index in [9.17, 15) is 24.0 Å². The number of carbonyl (C=O) groups is 5. The van der Waals surface area contributed by atoms with Crippen LogP contribution in [0, 0.1) is 0 Å². The first kappa shape index (κ1) is 16.7. The van der Waals surface area contributed by atoms with E-state index in [1.165, 1.54) is 11.9 Å². The Balaban J connectivity index is 2.09. The van der Waals surface area contributed by atoms with Crippen LogP contribution in [0.5, 0.6) is 0 Å².